The molecule has 2 heteroatoms. The predicted molar refractivity (Wildman–Crippen MR) is 88.2 cm³/mol. The van der Waals surface area contributed by atoms with Gasteiger partial charge in [-0.3, -0.25) is 4.79 Å². The molecule has 0 aromatic heterocycles. The molecule has 20 heavy (non-hydrogen) atoms. The van der Waals surface area contributed by atoms with E-state index < -0.39 is 0 Å². The van der Waals surface area contributed by atoms with Crippen molar-refractivity contribution in [1.29, 1.82) is 0 Å². The standard InChI is InChI=1S/C18H21OP/c1-12-10-13(2)17(14(3)11-12)18(19)20-15(4)16-8-6-5-7-9-16/h5-11,15,20H,1-4H3. The normalized spacial score (nSPS) is 12.8. The summed E-state index contributed by atoms with van der Waals surface area (Å²) in [6.07, 6.45) is 0. The van der Waals surface area contributed by atoms with Gasteiger partial charge in [0.05, 0.1) is 0 Å². The zero-order chi connectivity index (χ0) is 14.7. The second-order valence-electron chi connectivity index (χ2n) is 5.38. The molecule has 1 nitrogen and oxygen atoms in total. The van der Waals surface area contributed by atoms with E-state index in [0.29, 0.717) is 0 Å². The highest BCUT2D eigenvalue weighted by Crippen LogP contribution is 2.38. The Morgan fingerprint density at radius 1 is 1.00 bits per heavy atom. The van der Waals surface area contributed by atoms with Gasteiger partial charge in [-0.2, -0.15) is 0 Å². The van der Waals surface area contributed by atoms with Gasteiger partial charge < -0.3 is 0 Å². The van der Waals surface area contributed by atoms with Crippen molar-refractivity contribution in [3.63, 3.8) is 0 Å². The van der Waals surface area contributed by atoms with E-state index in [1.807, 2.05) is 32.0 Å². The lowest BCUT2D eigenvalue weighted by atomic mass is 10.0. The third-order valence-corrected chi connectivity index (χ3v) is 4.83. The predicted octanol–water partition coefficient (Wildman–Crippen LogP) is 5.19. The fourth-order valence-corrected chi connectivity index (χ4v) is 3.92. The van der Waals surface area contributed by atoms with Crippen LogP contribution in [0.15, 0.2) is 42.5 Å². The van der Waals surface area contributed by atoms with Gasteiger partial charge in [0.2, 0.25) is 0 Å². The Bertz CT molecular complexity index is 594. The van der Waals surface area contributed by atoms with Gasteiger partial charge in [-0.25, -0.2) is 0 Å². The molecule has 2 unspecified atom stereocenters. The lowest BCUT2D eigenvalue weighted by molar-refractivity contribution is 0.108. The second kappa shape index (κ2) is 6.33. The summed E-state index contributed by atoms with van der Waals surface area (Å²) in [4.78, 5) is 12.6. The number of rotatable bonds is 4. The van der Waals surface area contributed by atoms with E-state index in [2.05, 4.69) is 38.1 Å². The van der Waals surface area contributed by atoms with Crippen LogP contribution in [-0.4, -0.2) is 5.52 Å². The molecule has 2 aromatic carbocycles. The Morgan fingerprint density at radius 3 is 2.10 bits per heavy atom. The van der Waals surface area contributed by atoms with Crippen LogP contribution >= 0.6 is 8.58 Å². The first-order chi connectivity index (χ1) is 9.49. The fraction of sp³-hybridized carbons (Fsp3) is 0.278. The van der Waals surface area contributed by atoms with Gasteiger partial charge in [-0.1, -0.05) is 55.0 Å². The van der Waals surface area contributed by atoms with Crippen molar-refractivity contribution < 1.29 is 4.79 Å². The molecule has 0 fully saturated rings. The smallest absolute Gasteiger partial charge is 0.182 e. The molecule has 0 bridgehead atoms. The number of carbonyl (C=O) groups is 1. The van der Waals surface area contributed by atoms with Crippen LogP contribution in [0.4, 0.5) is 0 Å². The molecule has 2 atom stereocenters. The van der Waals surface area contributed by atoms with E-state index in [1.54, 1.807) is 0 Å². The molecule has 0 saturated carbocycles. The average molecular weight is 284 g/mol. The van der Waals surface area contributed by atoms with Crippen LogP contribution in [0.3, 0.4) is 0 Å². The van der Waals surface area contributed by atoms with Gasteiger partial charge in [-0.15, -0.1) is 0 Å². The maximum atomic E-state index is 12.6. The Hall–Kier alpha value is -1.46. The summed E-state index contributed by atoms with van der Waals surface area (Å²) < 4.78 is 0. The van der Waals surface area contributed by atoms with Crippen LogP contribution < -0.4 is 0 Å². The first-order valence-corrected chi connectivity index (χ1v) is 8.00. The molecule has 0 N–H and O–H groups in total. The minimum Gasteiger partial charge on any atom is -0.289 e. The molecule has 2 aromatic rings. The number of benzene rings is 2. The Kier molecular flexibility index (Phi) is 4.73. The third-order valence-electron chi connectivity index (χ3n) is 3.55. The molecule has 0 saturated heterocycles. The molecule has 0 aliphatic rings. The van der Waals surface area contributed by atoms with Crippen molar-refractivity contribution in [3.05, 3.63) is 70.3 Å². The monoisotopic (exact) mass is 284 g/mol. The quantitative estimate of drug-likeness (QED) is 0.706. The first-order valence-electron chi connectivity index (χ1n) is 6.92. The number of aryl methyl sites for hydroxylation is 3. The Labute approximate surface area is 123 Å². The van der Waals surface area contributed by atoms with Crippen LogP contribution in [0.25, 0.3) is 0 Å². The van der Waals surface area contributed by atoms with E-state index in [9.17, 15) is 4.79 Å². The van der Waals surface area contributed by atoms with Crippen LogP contribution in [0.2, 0.25) is 0 Å². The zero-order valence-electron chi connectivity index (χ0n) is 12.5. The van der Waals surface area contributed by atoms with Crippen molar-refractivity contribution in [1.82, 2.24) is 0 Å². The van der Waals surface area contributed by atoms with E-state index in [0.717, 1.165) is 16.7 Å². The highest BCUT2D eigenvalue weighted by Gasteiger charge is 2.16. The van der Waals surface area contributed by atoms with Crippen molar-refractivity contribution in [2.75, 3.05) is 0 Å². The van der Waals surface area contributed by atoms with E-state index in [1.165, 1.54) is 11.1 Å². The van der Waals surface area contributed by atoms with E-state index in [4.69, 9.17) is 0 Å². The summed E-state index contributed by atoms with van der Waals surface area (Å²) in [6.45, 7) is 8.27. The van der Waals surface area contributed by atoms with E-state index in [-0.39, 0.29) is 19.8 Å². The van der Waals surface area contributed by atoms with Crippen molar-refractivity contribution in [3.8, 4) is 0 Å². The molecule has 0 aliphatic carbocycles. The molecule has 104 valence electrons. The lowest BCUT2D eigenvalue weighted by Gasteiger charge is -2.14. The largest absolute Gasteiger partial charge is 0.289 e. The first kappa shape index (κ1) is 14.9. The molecule has 0 heterocycles. The maximum Gasteiger partial charge on any atom is 0.182 e. The van der Waals surface area contributed by atoms with Gasteiger partial charge in [0.1, 0.15) is 0 Å². The van der Waals surface area contributed by atoms with Crippen LogP contribution in [0, 0.1) is 20.8 Å². The summed E-state index contributed by atoms with van der Waals surface area (Å²) in [5, 5.41) is 0. The molecule has 2 rings (SSSR count). The van der Waals surface area contributed by atoms with Gasteiger partial charge >= 0.3 is 0 Å². The summed E-state index contributed by atoms with van der Waals surface area (Å²) in [5.41, 5.74) is 6.12. The summed E-state index contributed by atoms with van der Waals surface area (Å²) >= 11 is 0. The van der Waals surface area contributed by atoms with Gasteiger partial charge in [0.25, 0.3) is 0 Å². The Balaban J connectivity index is 2.21. The summed E-state index contributed by atoms with van der Waals surface area (Å²) in [5.74, 6) is 0. The van der Waals surface area contributed by atoms with Gasteiger partial charge in [-0.05, 0) is 46.0 Å². The van der Waals surface area contributed by atoms with E-state index >= 15 is 0 Å². The highest BCUT2D eigenvalue weighted by molar-refractivity contribution is 7.59. The summed E-state index contributed by atoms with van der Waals surface area (Å²) in [7, 11) is 0.285. The number of hydrogen-bond donors (Lipinski definition) is 0. The average Bonchev–Trinajstić information content (AvgIpc) is 2.38. The van der Waals surface area contributed by atoms with Crippen LogP contribution in [0.5, 0.6) is 0 Å². The third kappa shape index (κ3) is 3.35. The summed E-state index contributed by atoms with van der Waals surface area (Å²) in [6, 6.07) is 14.5. The zero-order valence-corrected chi connectivity index (χ0v) is 13.5. The Morgan fingerprint density at radius 2 is 1.55 bits per heavy atom. The number of hydrogen-bond acceptors (Lipinski definition) is 1. The topological polar surface area (TPSA) is 17.1 Å². The van der Waals surface area contributed by atoms with Gasteiger partial charge in [0.15, 0.2) is 5.52 Å². The van der Waals surface area contributed by atoms with Crippen LogP contribution in [0.1, 0.15) is 45.2 Å². The van der Waals surface area contributed by atoms with Gasteiger partial charge in [0, 0.05) is 11.2 Å². The molecular formula is C18H21OP. The molecule has 0 radical (unpaired) electrons. The highest BCUT2D eigenvalue weighted by atomic mass is 31.1. The molecule has 0 aliphatic heterocycles. The molecule has 0 spiro atoms. The maximum absolute atomic E-state index is 12.6. The molecular weight excluding hydrogens is 263 g/mol. The minimum absolute atomic E-state index is 0.274. The number of carbonyl (C=O) groups excluding carboxylic acids is 1. The van der Waals surface area contributed by atoms with Crippen LogP contribution in [-0.2, 0) is 0 Å². The fourth-order valence-electron chi connectivity index (χ4n) is 2.63. The minimum atomic E-state index is 0.274. The van der Waals surface area contributed by atoms with Crippen molar-refractivity contribution in [2.24, 2.45) is 0 Å². The second-order valence-corrected chi connectivity index (χ2v) is 6.99. The SMILES string of the molecule is Cc1cc(C)c(C(=O)PC(C)c2ccccc2)c(C)c1. The molecule has 0 amide bonds. The van der Waals surface area contributed by atoms with Crippen molar-refractivity contribution in [2.45, 2.75) is 33.4 Å². The van der Waals surface area contributed by atoms with Crippen molar-refractivity contribution >= 4 is 14.1 Å². The lowest BCUT2D eigenvalue weighted by Crippen LogP contribution is -2.02.